The first-order valence-corrected chi connectivity index (χ1v) is 7.71. The van der Waals surface area contributed by atoms with Gasteiger partial charge in [-0.1, -0.05) is 36.4 Å². The number of nitrogens with zero attached hydrogens (tertiary/aromatic N) is 1. The van der Waals surface area contributed by atoms with Crippen molar-refractivity contribution in [3.05, 3.63) is 76.8 Å². The van der Waals surface area contributed by atoms with Gasteiger partial charge in [0.25, 0.3) is 5.69 Å². The average Bonchev–Trinajstić information content (AvgIpc) is 2.92. The Hall–Kier alpha value is -2.72. The van der Waals surface area contributed by atoms with Crippen LogP contribution in [-0.4, -0.2) is 4.92 Å². The molecule has 0 saturated carbocycles. The molecule has 0 aliphatic carbocycles. The Labute approximate surface area is 130 Å². The zero-order chi connectivity index (χ0) is 15.1. The number of hydrogen-bond acceptors (Lipinski definition) is 3. The molecule has 0 aliphatic rings. The predicted octanol–water partition coefficient (Wildman–Crippen LogP) is 5.63. The van der Waals surface area contributed by atoms with Crippen molar-refractivity contribution >= 4 is 37.2 Å². The Kier molecular flexibility index (Phi) is 2.91. The predicted molar refractivity (Wildman–Crippen MR) is 91.4 cm³/mol. The minimum Gasteiger partial charge on any atom is -0.258 e. The third kappa shape index (κ3) is 1.96. The summed E-state index contributed by atoms with van der Waals surface area (Å²) in [5.74, 6) is 0. The third-order valence-corrected chi connectivity index (χ3v) is 4.94. The van der Waals surface area contributed by atoms with E-state index in [1.54, 1.807) is 29.5 Å². The van der Waals surface area contributed by atoms with Crippen LogP contribution in [0.1, 0.15) is 0 Å². The Morgan fingerprint density at radius 3 is 2.41 bits per heavy atom. The number of rotatable bonds is 2. The number of nitro groups is 1. The number of thiophene rings is 1. The molecule has 0 bridgehead atoms. The fourth-order valence-electron chi connectivity index (χ4n) is 2.77. The Morgan fingerprint density at radius 1 is 0.818 bits per heavy atom. The highest BCUT2D eigenvalue weighted by atomic mass is 32.1. The molecule has 0 N–H and O–H groups in total. The van der Waals surface area contributed by atoms with Crippen molar-refractivity contribution in [1.82, 2.24) is 0 Å². The van der Waals surface area contributed by atoms with E-state index in [9.17, 15) is 10.1 Å². The molecule has 1 heterocycles. The molecule has 3 aromatic carbocycles. The molecular formula is C18H11NO2S. The Balaban J connectivity index is 2.00. The molecule has 22 heavy (non-hydrogen) atoms. The molecular weight excluding hydrogens is 294 g/mol. The van der Waals surface area contributed by atoms with E-state index in [0.29, 0.717) is 5.56 Å². The first-order valence-electron chi connectivity index (χ1n) is 6.89. The highest BCUT2D eigenvalue weighted by Gasteiger charge is 2.15. The molecule has 3 nitrogen and oxygen atoms in total. The minimum atomic E-state index is -0.328. The fraction of sp³-hybridized carbons (Fsp3) is 0. The van der Waals surface area contributed by atoms with Gasteiger partial charge in [0.05, 0.1) is 10.5 Å². The van der Waals surface area contributed by atoms with Gasteiger partial charge in [-0.15, -0.1) is 11.3 Å². The van der Waals surface area contributed by atoms with Gasteiger partial charge in [0.2, 0.25) is 0 Å². The molecule has 0 aliphatic heterocycles. The standard InChI is InChI=1S/C18H11NO2S/c20-19(21)16-7-3-1-5-13(16)12-9-10-18-15(11-12)14-6-2-4-8-17(14)22-18/h1-11H. The summed E-state index contributed by atoms with van der Waals surface area (Å²) in [6.45, 7) is 0. The molecule has 4 aromatic rings. The summed E-state index contributed by atoms with van der Waals surface area (Å²) in [6.07, 6.45) is 0. The van der Waals surface area contributed by atoms with Gasteiger partial charge in [0, 0.05) is 26.2 Å². The van der Waals surface area contributed by atoms with Crippen LogP contribution in [0.25, 0.3) is 31.3 Å². The summed E-state index contributed by atoms with van der Waals surface area (Å²) < 4.78 is 2.43. The summed E-state index contributed by atoms with van der Waals surface area (Å²) in [4.78, 5) is 10.9. The second-order valence-corrected chi connectivity index (χ2v) is 6.17. The van der Waals surface area contributed by atoms with Crippen LogP contribution in [0.15, 0.2) is 66.7 Å². The van der Waals surface area contributed by atoms with Crippen molar-refractivity contribution in [2.24, 2.45) is 0 Å². The maximum Gasteiger partial charge on any atom is 0.277 e. The maximum atomic E-state index is 11.2. The number of benzene rings is 3. The van der Waals surface area contributed by atoms with Crippen LogP contribution in [0.4, 0.5) is 5.69 Å². The molecule has 4 rings (SSSR count). The summed E-state index contributed by atoms with van der Waals surface area (Å²) in [6, 6.07) is 21.2. The molecule has 0 atom stereocenters. The molecule has 4 heteroatoms. The lowest BCUT2D eigenvalue weighted by Crippen LogP contribution is -1.91. The van der Waals surface area contributed by atoms with E-state index in [0.717, 1.165) is 10.9 Å². The van der Waals surface area contributed by atoms with E-state index in [1.165, 1.54) is 14.8 Å². The van der Waals surface area contributed by atoms with Crippen molar-refractivity contribution in [2.75, 3.05) is 0 Å². The van der Waals surface area contributed by atoms with Crippen LogP contribution in [-0.2, 0) is 0 Å². The first kappa shape index (κ1) is 13.0. The van der Waals surface area contributed by atoms with Crippen molar-refractivity contribution in [1.29, 1.82) is 0 Å². The molecule has 1 aromatic heterocycles. The van der Waals surface area contributed by atoms with Crippen molar-refractivity contribution in [3.63, 3.8) is 0 Å². The van der Waals surface area contributed by atoms with Crippen molar-refractivity contribution < 1.29 is 4.92 Å². The number of nitro benzene ring substituents is 1. The van der Waals surface area contributed by atoms with Crippen LogP contribution in [0.2, 0.25) is 0 Å². The van der Waals surface area contributed by atoms with Crippen molar-refractivity contribution in [3.8, 4) is 11.1 Å². The van der Waals surface area contributed by atoms with Gasteiger partial charge < -0.3 is 0 Å². The number of hydrogen-bond donors (Lipinski definition) is 0. The van der Waals surface area contributed by atoms with E-state index in [-0.39, 0.29) is 10.6 Å². The molecule has 0 unspecified atom stereocenters. The van der Waals surface area contributed by atoms with Gasteiger partial charge in [-0.3, -0.25) is 10.1 Å². The average molecular weight is 305 g/mol. The Bertz CT molecular complexity index is 1020. The van der Waals surface area contributed by atoms with E-state index in [4.69, 9.17) is 0 Å². The van der Waals surface area contributed by atoms with E-state index in [2.05, 4.69) is 18.2 Å². The molecule has 0 saturated heterocycles. The molecule has 0 amide bonds. The first-order chi connectivity index (χ1) is 10.7. The summed E-state index contributed by atoms with van der Waals surface area (Å²) >= 11 is 1.74. The summed E-state index contributed by atoms with van der Waals surface area (Å²) in [5, 5.41) is 13.6. The number of fused-ring (bicyclic) bond motifs is 3. The highest BCUT2D eigenvalue weighted by Crippen LogP contribution is 2.38. The molecule has 0 spiro atoms. The van der Waals surface area contributed by atoms with Crippen LogP contribution in [0.5, 0.6) is 0 Å². The van der Waals surface area contributed by atoms with E-state index >= 15 is 0 Å². The summed E-state index contributed by atoms with van der Waals surface area (Å²) in [7, 11) is 0. The lowest BCUT2D eigenvalue weighted by Gasteiger charge is -2.03. The Morgan fingerprint density at radius 2 is 1.55 bits per heavy atom. The molecule has 0 fully saturated rings. The van der Waals surface area contributed by atoms with Crippen LogP contribution in [0.3, 0.4) is 0 Å². The third-order valence-electron chi connectivity index (χ3n) is 3.79. The van der Waals surface area contributed by atoms with Crippen LogP contribution < -0.4 is 0 Å². The second kappa shape index (κ2) is 4.93. The van der Waals surface area contributed by atoms with E-state index in [1.807, 2.05) is 30.3 Å². The molecule has 0 radical (unpaired) electrons. The molecule has 106 valence electrons. The summed E-state index contributed by atoms with van der Waals surface area (Å²) in [5.41, 5.74) is 1.68. The van der Waals surface area contributed by atoms with E-state index < -0.39 is 0 Å². The fourth-order valence-corrected chi connectivity index (χ4v) is 3.86. The zero-order valence-electron chi connectivity index (χ0n) is 11.5. The smallest absolute Gasteiger partial charge is 0.258 e. The number of para-hydroxylation sites is 1. The normalized spacial score (nSPS) is 11.1. The second-order valence-electron chi connectivity index (χ2n) is 5.08. The quantitative estimate of drug-likeness (QED) is 0.356. The lowest BCUT2D eigenvalue weighted by molar-refractivity contribution is -0.384. The zero-order valence-corrected chi connectivity index (χ0v) is 12.3. The van der Waals surface area contributed by atoms with Gasteiger partial charge in [-0.25, -0.2) is 0 Å². The van der Waals surface area contributed by atoms with Gasteiger partial charge >= 0.3 is 0 Å². The van der Waals surface area contributed by atoms with Crippen LogP contribution in [0, 0.1) is 10.1 Å². The maximum absolute atomic E-state index is 11.2. The monoisotopic (exact) mass is 305 g/mol. The SMILES string of the molecule is O=[N+]([O-])c1ccccc1-c1ccc2sc3ccccc3c2c1. The van der Waals surface area contributed by atoms with Crippen LogP contribution >= 0.6 is 11.3 Å². The van der Waals surface area contributed by atoms with Gasteiger partial charge in [0.15, 0.2) is 0 Å². The van der Waals surface area contributed by atoms with Crippen molar-refractivity contribution in [2.45, 2.75) is 0 Å². The topological polar surface area (TPSA) is 43.1 Å². The van der Waals surface area contributed by atoms with Gasteiger partial charge in [-0.2, -0.15) is 0 Å². The highest BCUT2D eigenvalue weighted by molar-refractivity contribution is 7.25. The minimum absolute atomic E-state index is 0.140. The van der Waals surface area contributed by atoms with Gasteiger partial charge in [-0.05, 0) is 29.8 Å². The van der Waals surface area contributed by atoms with Gasteiger partial charge in [0.1, 0.15) is 0 Å². The largest absolute Gasteiger partial charge is 0.277 e. The lowest BCUT2D eigenvalue weighted by atomic mass is 10.0.